The Hall–Kier alpha value is -2.81. The highest BCUT2D eigenvalue weighted by Gasteiger charge is 2.15. The van der Waals surface area contributed by atoms with E-state index in [9.17, 15) is 4.79 Å². The SMILES string of the molecule is Cc1ccc(NC(=O)C(C)Oc2ccc3ccccc3c2)cc1C. The van der Waals surface area contributed by atoms with Crippen molar-refractivity contribution < 1.29 is 9.53 Å². The lowest BCUT2D eigenvalue weighted by atomic mass is 10.1. The van der Waals surface area contributed by atoms with Crippen LogP contribution in [0.5, 0.6) is 5.75 Å². The van der Waals surface area contributed by atoms with E-state index in [0.717, 1.165) is 22.0 Å². The van der Waals surface area contributed by atoms with Crippen molar-refractivity contribution in [2.45, 2.75) is 26.9 Å². The molecule has 0 saturated heterocycles. The normalized spacial score (nSPS) is 12.0. The Kier molecular flexibility index (Phi) is 4.52. The Bertz CT molecular complexity index is 886. The molecule has 1 N–H and O–H groups in total. The zero-order valence-electron chi connectivity index (χ0n) is 14.2. The molecule has 0 aliphatic heterocycles. The van der Waals surface area contributed by atoms with E-state index in [-0.39, 0.29) is 5.91 Å². The molecule has 0 aromatic heterocycles. The number of carbonyl (C=O) groups is 1. The van der Waals surface area contributed by atoms with E-state index >= 15 is 0 Å². The van der Waals surface area contributed by atoms with Crippen LogP contribution >= 0.6 is 0 Å². The minimum atomic E-state index is -0.576. The second-order valence-corrected chi connectivity index (χ2v) is 6.06. The summed E-state index contributed by atoms with van der Waals surface area (Å²) in [5.74, 6) is 0.530. The largest absolute Gasteiger partial charge is 0.481 e. The van der Waals surface area contributed by atoms with Crippen LogP contribution in [-0.2, 0) is 4.79 Å². The molecule has 3 rings (SSSR count). The number of anilines is 1. The summed E-state index contributed by atoms with van der Waals surface area (Å²) in [5, 5.41) is 5.15. The lowest BCUT2D eigenvalue weighted by Gasteiger charge is -2.15. The maximum absolute atomic E-state index is 12.3. The molecule has 0 saturated carbocycles. The van der Waals surface area contributed by atoms with Crippen molar-refractivity contribution in [3.63, 3.8) is 0 Å². The van der Waals surface area contributed by atoms with Gasteiger partial charge in [-0.25, -0.2) is 0 Å². The number of hydrogen-bond donors (Lipinski definition) is 1. The summed E-state index contributed by atoms with van der Waals surface area (Å²) in [5.41, 5.74) is 3.14. The van der Waals surface area contributed by atoms with Crippen molar-refractivity contribution in [2.24, 2.45) is 0 Å². The molecule has 0 spiro atoms. The number of ether oxygens (including phenoxy) is 1. The second kappa shape index (κ2) is 6.75. The third-order valence-corrected chi connectivity index (χ3v) is 4.18. The van der Waals surface area contributed by atoms with Gasteiger partial charge in [-0.05, 0) is 66.9 Å². The first-order chi connectivity index (χ1) is 11.5. The van der Waals surface area contributed by atoms with Gasteiger partial charge in [0.25, 0.3) is 5.91 Å². The minimum absolute atomic E-state index is 0.161. The van der Waals surface area contributed by atoms with E-state index in [2.05, 4.69) is 11.4 Å². The Morgan fingerprint density at radius 3 is 2.42 bits per heavy atom. The van der Waals surface area contributed by atoms with Crippen LogP contribution in [0.4, 0.5) is 5.69 Å². The first-order valence-electron chi connectivity index (χ1n) is 8.06. The summed E-state index contributed by atoms with van der Waals surface area (Å²) < 4.78 is 5.80. The molecule has 1 amide bonds. The number of rotatable bonds is 4. The number of nitrogens with one attached hydrogen (secondary N) is 1. The van der Waals surface area contributed by atoms with Crippen molar-refractivity contribution in [1.82, 2.24) is 0 Å². The molecule has 0 aliphatic rings. The van der Waals surface area contributed by atoms with Gasteiger partial charge in [0.15, 0.2) is 6.10 Å². The van der Waals surface area contributed by atoms with Gasteiger partial charge in [-0.3, -0.25) is 4.79 Å². The first kappa shape index (κ1) is 16.1. The number of aryl methyl sites for hydroxylation is 2. The fourth-order valence-electron chi connectivity index (χ4n) is 2.56. The standard InChI is InChI=1S/C21H21NO2/c1-14-8-10-19(12-15(14)2)22-21(23)16(3)24-20-11-9-17-6-4-5-7-18(17)13-20/h4-13,16H,1-3H3,(H,22,23). The van der Waals surface area contributed by atoms with Crippen LogP contribution in [0.1, 0.15) is 18.1 Å². The fourth-order valence-corrected chi connectivity index (χ4v) is 2.56. The van der Waals surface area contributed by atoms with Gasteiger partial charge in [-0.2, -0.15) is 0 Å². The number of benzene rings is 3. The Morgan fingerprint density at radius 2 is 1.67 bits per heavy atom. The molecule has 3 nitrogen and oxygen atoms in total. The summed E-state index contributed by atoms with van der Waals surface area (Å²) in [6.07, 6.45) is -0.576. The van der Waals surface area contributed by atoms with Gasteiger partial charge in [0.05, 0.1) is 0 Å². The maximum Gasteiger partial charge on any atom is 0.265 e. The summed E-state index contributed by atoms with van der Waals surface area (Å²) in [6.45, 7) is 5.83. The van der Waals surface area contributed by atoms with Gasteiger partial charge in [0.2, 0.25) is 0 Å². The molecule has 1 atom stereocenters. The van der Waals surface area contributed by atoms with Crippen molar-refractivity contribution in [1.29, 1.82) is 0 Å². The van der Waals surface area contributed by atoms with Gasteiger partial charge < -0.3 is 10.1 Å². The predicted molar refractivity (Wildman–Crippen MR) is 98.6 cm³/mol. The summed E-state index contributed by atoms with van der Waals surface area (Å²) in [7, 11) is 0. The van der Waals surface area contributed by atoms with Gasteiger partial charge in [-0.15, -0.1) is 0 Å². The summed E-state index contributed by atoms with van der Waals surface area (Å²) >= 11 is 0. The molecule has 1 unspecified atom stereocenters. The second-order valence-electron chi connectivity index (χ2n) is 6.06. The quantitative estimate of drug-likeness (QED) is 0.745. The van der Waals surface area contributed by atoms with Crippen molar-refractivity contribution in [2.75, 3.05) is 5.32 Å². The maximum atomic E-state index is 12.3. The van der Waals surface area contributed by atoms with E-state index in [0.29, 0.717) is 5.75 Å². The van der Waals surface area contributed by atoms with E-state index < -0.39 is 6.10 Å². The molecule has 0 radical (unpaired) electrons. The monoisotopic (exact) mass is 319 g/mol. The molecule has 24 heavy (non-hydrogen) atoms. The van der Waals surface area contributed by atoms with E-state index in [1.807, 2.05) is 68.4 Å². The topological polar surface area (TPSA) is 38.3 Å². The van der Waals surface area contributed by atoms with E-state index in [4.69, 9.17) is 4.74 Å². The number of carbonyl (C=O) groups excluding carboxylic acids is 1. The molecule has 0 bridgehead atoms. The fraction of sp³-hybridized carbons (Fsp3) is 0.190. The predicted octanol–water partition coefficient (Wildman–Crippen LogP) is 4.86. The van der Waals surface area contributed by atoms with Gasteiger partial charge in [0.1, 0.15) is 5.75 Å². The van der Waals surface area contributed by atoms with Crippen LogP contribution in [0.3, 0.4) is 0 Å². The van der Waals surface area contributed by atoms with Crippen LogP contribution in [-0.4, -0.2) is 12.0 Å². The van der Waals surface area contributed by atoms with Crippen LogP contribution < -0.4 is 10.1 Å². The Balaban J connectivity index is 1.69. The number of amides is 1. The summed E-state index contributed by atoms with van der Waals surface area (Å²) in [6, 6.07) is 19.8. The van der Waals surface area contributed by atoms with E-state index in [1.54, 1.807) is 6.92 Å². The molecule has 3 heteroatoms. The van der Waals surface area contributed by atoms with Gasteiger partial charge >= 0.3 is 0 Å². The molecule has 3 aromatic rings. The highest BCUT2D eigenvalue weighted by Crippen LogP contribution is 2.22. The van der Waals surface area contributed by atoms with Gasteiger partial charge in [0, 0.05) is 5.69 Å². The van der Waals surface area contributed by atoms with Crippen molar-refractivity contribution in [3.8, 4) is 5.75 Å². The third kappa shape index (κ3) is 3.57. The van der Waals surface area contributed by atoms with Gasteiger partial charge in [-0.1, -0.05) is 36.4 Å². The number of fused-ring (bicyclic) bond motifs is 1. The van der Waals surface area contributed by atoms with Crippen LogP contribution in [0, 0.1) is 13.8 Å². The molecule has 3 aromatic carbocycles. The lowest BCUT2D eigenvalue weighted by Crippen LogP contribution is -2.30. The molecular formula is C21H21NO2. The first-order valence-corrected chi connectivity index (χ1v) is 8.06. The van der Waals surface area contributed by atoms with Crippen LogP contribution in [0.15, 0.2) is 60.7 Å². The third-order valence-electron chi connectivity index (χ3n) is 4.18. The molecular weight excluding hydrogens is 298 g/mol. The number of hydrogen-bond acceptors (Lipinski definition) is 2. The lowest BCUT2D eigenvalue weighted by molar-refractivity contribution is -0.122. The average molecular weight is 319 g/mol. The highest BCUT2D eigenvalue weighted by atomic mass is 16.5. The van der Waals surface area contributed by atoms with E-state index in [1.165, 1.54) is 5.56 Å². The Labute approximate surface area is 142 Å². The minimum Gasteiger partial charge on any atom is -0.481 e. The molecule has 0 heterocycles. The summed E-state index contributed by atoms with van der Waals surface area (Å²) in [4.78, 5) is 12.3. The van der Waals surface area contributed by atoms with Crippen LogP contribution in [0.2, 0.25) is 0 Å². The van der Waals surface area contributed by atoms with Crippen molar-refractivity contribution >= 4 is 22.4 Å². The van der Waals surface area contributed by atoms with Crippen LogP contribution in [0.25, 0.3) is 10.8 Å². The Morgan fingerprint density at radius 1 is 0.917 bits per heavy atom. The average Bonchev–Trinajstić information content (AvgIpc) is 2.58. The molecule has 122 valence electrons. The molecule has 0 fully saturated rings. The van der Waals surface area contributed by atoms with Crippen molar-refractivity contribution in [3.05, 3.63) is 71.8 Å². The zero-order chi connectivity index (χ0) is 17.1. The highest BCUT2D eigenvalue weighted by molar-refractivity contribution is 5.94. The smallest absolute Gasteiger partial charge is 0.265 e. The molecule has 0 aliphatic carbocycles. The zero-order valence-corrected chi connectivity index (χ0v) is 14.2.